The van der Waals surface area contributed by atoms with Crippen molar-refractivity contribution in [3.05, 3.63) is 35.9 Å². The molecular formula is C16H23NO3. The minimum Gasteiger partial charge on any atom is -0.496 e. The van der Waals surface area contributed by atoms with Crippen LogP contribution in [0.5, 0.6) is 5.75 Å². The number of rotatable bonds is 7. The molecule has 0 aliphatic carbocycles. The molecule has 0 amide bonds. The maximum atomic E-state index is 11.6. The van der Waals surface area contributed by atoms with E-state index in [0.29, 0.717) is 12.6 Å². The molecule has 1 aromatic rings. The quantitative estimate of drug-likeness (QED) is 0.567. The van der Waals surface area contributed by atoms with E-state index in [4.69, 9.17) is 9.47 Å². The molecule has 0 spiro atoms. The molecular weight excluding hydrogens is 254 g/mol. The van der Waals surface area contributed by atoms with E-state index in [9.17, 15) is 4.79 Å². The summed E-state index contributed by atoms with van der Waals surface area (Å²) in [6.07, 6.45) is 3.13. The van der Waals surface area contributed by atoms with Crippen LogP contribution in [0.3, 0.4) is 0 Å². The molecule has 0 atom stereocenters. The van der Waals surface area contributed by atoms with Crippen molar-refractivity contribution >= 4 is 12.0 Å². The summed E-state index contributed by atoms with van der Waals surface area (Å²) in [4.78, 5) is 13.7. The van der Waals surface area contributed by atoms with Crippen LogP contribution in [-0.4, -0.2) is 44.2 Å². The fourth-order valence-electron chi connectivity index (χ4n) is 1.56. The second kappa shape index (κ2) is 8.38. The van der Waals surface area contributed by atoms with Crippen LogP contribution < -0.4 is 4.74 Å². The number of carbonyl (C=O) groups excluding carboxylic acids is 1. The molecule has 0 radical (unpaired) electrons. The third kappa shape index (κ3) is 5.45. The number of methoxy groups -OCH3 is 1. The van der Waals surface area contributed by atoms with Crippen LogP contribution >= 0.6 is 0 Å². The van der Waals surface area contributed by atoms with Gasteiger partial charge in [-0.05, 0) is 33.0 Å². The second-order valence-corrected chi connectivity index (χ2v) is 4.82. The number of likely N-dealkylation sites (N-methyl/N-ethyl adjacent to an activating group) is 1. The lowest BCUT2D eigenvalue weighted by molar-refractivity contribution is -0.138. The molecule has 0 heterocycles. The van der Waals surface area contributed by atoms with Gasteiger partial charge in [-0.15, -0.1) is 0 Å². The average molecular weight is 277 g/mol. The summed E-state index contributed by atoms with van der Waals surface area (Å²) < 4.78 is 10.4. The predicted octanol–water partition coefficient (Wildman–Crippen LogP) is 2.59. The molecule has 0 saturated carbocycles. The molecule has 20 heavy (non-hydrogen) atoms. The summed E-state index contributed by atoms with van der Waals surface area (Å²) in [5, 5.41) is 0. The Morgan fingerprint density at radius 3 is 2.70 bits per heavy atom. The number of esters is 1. The molecule has 0 N–H and O–H groups in total. The van der Waals surface area contributed by atoms with Crippen molar-refractivity contribution in [1.82, 2.24) is 4.90 Å². The first-order valence-corrected chi connectivity index (χ1v) is 6.72. The Kier molecular flexibility index (Phi) is 6.81. The first-order chi connectivity index (χ1) is 9.54. The molecule has 0 fully saturated rings. The van der Waals surface area contributed by atoms with Crippen molar-refractivity contribution in [2.75, 3.05) is 27.3 Å². The van der Waals surface area contributed by atoms with Gasteiger partial charge in [0, 0.05) is 24.2 Å². The van der Waals surface area contributed by atoms with E-state index in [0.717, 1.165) is 17.9 Å². The van der Waals surface area contributed by atoms with Crippen molar-refractivity contribution < 1.29 is 14.3 Å². The average Bonchev–Trinajstić information content (AvgIpc) is 2.45. The Morgan fingerprint density at radius 1 is 1.35 bits per heavy atom. The monoisotopic (exact) mass is 277 g/mol. The summed E-state index contributed by atoms with van der Waals surface area (Å²) in [5.41, 5.74) is 0.853. The number of ether oxygens (including phenoxy) is 2. The van der Waals surface area contributed by atoms with E-state index >= 15 is 0 Å². The minimum absolute atomic E-state index is 0.340. The summed E-state index contributed by atoms with van der Waals surface area (Å²) in [6.45, 7) is 5.32. The second-order valence-electron chi connectivity index (χ2n) is 4.82. The van der Waals surface area contributed by atoms with Crippen molar-refractivity contribution in [2.24, 2.45) is 0 Å². The van der Waals surface area contributed by atoms with Crippen LogP contribution in [0, 0.1) is 0 Å². The highest BCUT2D eigenvalue weighted by Gasteiger charge is 2.04. The topological polar surface area (TPSA) is 38.8 Å². The van der Waals surface area contributed by atoms with Crippen LogP contribution in [0.4, 0.5) is 0 Å². The van der Waals surface area contributed by atoms with Crippen molar-refractivity contribution in [3.8, 4) is 5.75 Å². The molecule has 0 aliphatic heterocycles. The third-order valence-corrected chi connectivity index (χ3v) is 3.11. The van der Waals surface area contributed by atoms with Gasteiger partial charge in [-0.2, -0.15) is 0 Å². The summed E-state index contributed by atoms with van der Waals surface area (Å²) in [6, 6.07) is 7.96. The third-order valence-electron chi connectivity index (χ3n) is 3.11. The highest BCUT2D eigenvalue weighted by Crippen LogP contribution is 2.18. The summed E-state index contributed by atoms with van der Waals surface area (Å²) in [7, 11) is 3.61. The first kappa shape index (κ1) is 16.2. The highest BCUT2D eigenvalue weighted by atomic mass is 16.5. The lowest BCUT2D eigenvalue weighted by Crippen LogP contribution is -2.30. The van der Waals surface area contributed by atoms with Gasteiger partial charge in [0.25, 0.3) is 0 Å². The Morgan fingerprint density at radius 2 is 2.05 bits per heavy atom. The summed E-state index contributed by atoms with van der Waals surface area (Å²) >= 11 is 0. The van der Waals surface area contributed by atoms with Gasteiger partial charge in [-0.3, -0.25) is 0 Å². The number of para-hydroxylation sites is 1. The lowest BCUT2D eigenvalue weighted by Gasteiger charge is -2.20. The van der Waals surface area contributed by atoms with Gasteiger partial charge in [0.2, 0.25) is 0 Å². The number of benzene rings is 1. The van der Waals surface area contributed by atoms with E-state index < -0.39 is 0 Å². The highest BCUT2D eigenvalue weighted by molar-refractivity contribution is 5.87. The van der Waals surface area contributed by atoms with Crippen molar-refractivity contribution in [3.63, 3.8) is 0 Å². The number of carbonyl (C=O) groups is 1. The van der Waals surface area contributed by atoms with Gasteiger partial charge in [-0.1, -0.05) is 18.2 Å². The van der Waals surface area contributed by atoms with E-state index in [1.54, 1.807) is 13.2 Å². The Labute approximate surface area is 121 Å². The largest absolute Gasteiger partial charge is 0.496 e. The van der Waals surface area contributed by atoms with E-state index in [1.165, 1.54) is 6.08 Å². The maximum Gasteiger partial charge on any atom is 0.330 e. The Hall–Kier alpha value is -1.81. The van der Waals surface area contributed by atoms with Gasteiger partial charge in [0.1, 0.15) is 12.4 Å². The fraction of sp³-hybridized carbons (Fsp3) is 0.438. The minimum atomic E-state index is -0.340. The fourth-order valence-corrected chi connectivity index (χ4v) is 1.56. The summed E-state index contributed by atoms with van der Waals surface area (Å²) in [5.74, 6) is 0.393. The molecule has 1 aromatic carbocycles. The van der Waals surface area contributed by atoms with E-state index in [1.807, 2.05) is 31.3 Å². The number of nitrogens with zero attached hydrogens (tertiary/aromatic N) is 1. The van der Waals surface area contributed by atoms with Crippen LogP contribution in [0.2, 0.25) is 0 Å². The molecule has 1 rings (SSSR count). The van der Waals surface area contributed by atoms with Gasteiger partial charge in [0.05, 0.1) is 7.11 Å². The predicted molar refractivity (Wildman–Crippen MR) is 80.8 cm³/mol. The van der Waals surface area contributed by atoms with E-state index in [-0.39, 0.29) is 5.97 Å². The molecule has 0 bridgehead atoms. The standard InChI is InChI=1S/C16H23NO3/c1-13(2)17(3)11-12-20-16(18)10-9-14-7-5-6-8-15(14)19-4/h5-10,13H,11-12H2,1-4H3. The van der Waals surface area contributed by atoms with Crippen LogP contribution in [0.25, 0.3) is 6.08 Å². The Bertz CT molecular complexity index is 455. The van der Waals surface area contributed by atoms with Crippen molar-refractivity contribution in [2.45, 2.75) is 19.9 Å². The zero-order chi connectivity index (χ0) is 15.0. The van der Waals surface area contributed by atoms with Gasteiger partial charge in [-0.25, -0.2) is 4.79 Å². The lowest BCUT2D eigenvalue weighted by atomic mass is 10.2. The smallest absolute Gasteiger partial charge is 0.330 e. The van der Waals surface area contributed by atoms with Crippen LogP contribution in [0.15, 0.2) is 30.3 Å². The SMILES string of the molecule is COc1ccccc1C=CC(=O)OCCN(C)C(C)C. The molecule has 0 aliphatic rings. The molecule has 0 saturated heterocycles. The zero-order valence-corrected chi connectivity index (χ0v) is 12.6. The van der Waals surface area contributed by atoms with Gasteiger partial charge < -0.3 is 14.4 Å². The molecule has 110 valence electrons. The van der Waals surface area contributed by atoms with Gasteiger partial charge in [0.15, 0.2) is 0 Å². The first-order valence-electron chi connectivity index (χ1n) is 6.72. The number of hydrogen-bond acceptors (Lipinski definition) is 4. The molecule has 0 unspecified atom stereocenters. The zero-order valence-electron chi connectivity index (χ0n) is 12.6. The Balaban J connectivity index is 2.44. The number of hydrogen-bond donors (Lipinski definition) is 0. The van der Waals surface area contributed by atoms with Crippen LogP contribution in [0.1, 0.15) is 19.4 Å². The maximum absolute atomic E-state index is 11.6. The van der Waals surface area contributed by atoms with Crippen LogP contribution in [-0.2, 0) is 9.53 Å². The molecule has 4 nitrogen and oxygen atoms in total. The molecule has 4 heteroatoms. The normalized spacial score (nSPS) is 11.3. The van der Waals surface area contributed by atoms with Crippen molar-refractivity contribution in [1.29, 1.82) is 0 Å². The van der Waals surface area contributed by atoms with E-state index in [2.05, 4.69) is 18.7 Å². The van der Waals surface area contributed by atoms with Gasteiger partial charge >= 0.3 is 5.97 Å². The molecule has 0 aromatic heterocycles.